The van der Waals surface area contributed by atoms with E-state index in [4.69, 9.17) is 5.41 Å². The largest absolute Gasteiger partial charge is 0.379 e. The molecule has 4 aliphatic rings. The zero-order valence-corrected chi connectivity index (χ0v) is 18.2. The van der Waals surface area contributed by atoms with Gasteiger partial charge >= 0.3 is 0 Å². The summed E-state index contributed by atoms with van der Waals surface area (Å²) >= 11 is 0. The van der Waals surface area contributed by atoms with Crippen molar-refractivity contribution < 1.29 is 18.7 Å². The average molecular weight is 446 g/mol. The Hall–Kier alpha value is -2.65. The van der Waals surface area contributed by atoms with Gasteiger partial charge in [-0.25, -0.2) is 8.78 Å². The molecule has 0 bridgehead atoms. The SMILES string of the molecule is CC(C=N)NC(O)CCNC(=O)C1=NC2(C)C=CC=CC2N1CC1=C(F)C(F)=CC2CC12. The summed E-state index contributed by atoms with van der Waals surface area (Å²) in [6.45, 7) is 3.94. The summed E-state index contributed by atoms with van der Waals surface area (Å²) in [6.07, 6.45) is 10.2. The van der Waals surface area contributed by atoms with Crippen molar-refractivity contribution in [1.82, 2.24) is 15.5 Å². The molecule has 3 aliphatic carbocycles. The topological polar surface area (TPSA) is 101 Å². The van der Waals surface area contributed by atoms with Crippen LogP contribution in [0.5, 0.6) is 0 Å². The monoisotopic (exact) mass is 445 g/mol. The number of amidine groups is 1. The van der Waals surface area contributed by atoms with Crippen LogP contribution in [0.1, 0.15) is 26.7 Å². The molecule has 0 aromatic carbocycles. The lowest BCUT2D eigenvalue weighted by atomic mass is 9.88. The van der Waals surface area contributed by atoms with Crippen molar-refractivity contribution >= 4 is 18.0 Å². The molecule has 0 spiro atoms. The van der Waals surface area contributed by atoms with Gasteiger partial charge in [0.2, 0.25) is 0 Å². The highest BCUT2D eigenvalue weighted by atomic mass is 19.2. The van der Waals surface area contributed by atoms with Gasteiger partial charge in [-0.2, -0.15) is 0 Å². The Bertz CT molecular complexity index is 956. The molecule has 6 unspecified atom stereocenters. The van der Waals surface area contributed by atoms with Gasteiger partial charge in [0.25, 0.3) is 5.91 Å². The number of amides is 1. The maximum atomic E-state index is 14.6. The first kappa shape index (κ1) is 22.5. The van der Waals surface area contributed by atoms with E-state index >= 15 is 0 Å². The van der Waals surface area contributed by atoms with Crippen molar-refractivity contribution in [3.8, 4) is 0 Å². The Morgan fingerprint density at radius 1 is 1.47 bits per heavy atom. The van der Waals surface area contributed by atoms with Gasteiger partial charge in [0.1, 0.15) is 11.8 Å². The molecule has 32 heavy (non-hydrogen) atoms. The zero-order chi connectivity index (χ0) is 23.0. The highest BCUT2D eigenvalue weighted by Crippen LogP contribution is 2.52. The van der Waals surface area contributed by atoms with Crippen LogP contribution >= 0.6 is 0 Å². The average Bonchev–Trinajstić information content (AvgIpc) is 3.45. The summed E-state index contributed by atoms with van der Waals surface area (Å²) in [4.78, 5) is 19.4. The summed E-state index contributed by atoms with van der Waals surface area (Å²) in [5.74, 6) is -1.87. The van der Waals surface area contributed by atoms with Crippen molar-refractivity contribution in [1.29, 1.82) is 5.41 Å². The van der Waals surface area contributed by atoms with Crippen LogP contribution in [0.3, 0.4) is 0 Å². The minimum absolute atomic E-state index is 0.0224. The normalized spacial score (nSPS) is 32.0. The van der Waals surface area contributed by atoms with Gasteiger partial charge in [-0.3, -0.25) is 15.1 Å². The minimum atomic E-state index is -0.873. The molecule has 1 fully saturated rings. The molecule has 4 N–H and O–H groups in total. The van der Waals surface area contributed by atoms with E-state index in [1.807, 2.05) is 31.2 Å². The molecule has 9 heteroatoms. The van der Waals surface area contributed by atoms with Crippen LogP contribution in [0.25, 0.3) is 0 Å². The molecule has 1 saturated carbocycles. The van der Waals surface area contributed by atoms with Gasteiger partial charge in [-0.15, -0.1) is 0 Å². The Kier molecular flexibility index (Phi) is 6.13. The zero-order valence-electron chi connectivity index (χ0n) is 18.2. The van der Waals surface area contributed by atoms with Gasteiger partial charge in [0, 0.05) is 31.8 Å². The Morgan fingerprint density at radius 2 is 2.25 bits per heavy atom. The molecular weight excluding hydrogens is 416 g/mol. The number of carbonyl (C=O) groups is 1. The van der Waals surface area contributed by atoms with Crippen molar-refractivity contribution in [2.24, 2.45) is 16.8 Å². The number of aliphatic hydroxyl groups excluding tert-OH is 1. The Labute approximate surface area is 186 Å². The van der Waals surface area contributed by atoms with Gasteiger partial charge in [-0.05, 0) is 43.8 Å². The molecule has 6 atom stereocenters. The number of hydrogen-bond donors (Lipinski definition) is 4. The molecule has 4 rings (SSSR count). The first-order chi connectivity index (χ1) is 15.2. The van der Waals surface area contributed by atoms with Crippen LogP contribution in [0.2, 0.25) is 0 Å². The maximum absolute atomic E-state index is 14.6. The van der Waals surface area contributed by atoms with Crippen LogP contribution in [-0.2, 0) is 4.79 Å². The van der Waals surface area contributed by atoms with Gasteiger partial charge in [0.05, 0.1) is 6.04 Å². The number of halogens is 2. The second kappa shape index (κ2) is 8.71. The smallest absolute Gasteiger partial charge is 0.286 e. The number of allylic oxidation sites excluding steroid dienone is 5. The van der Waals surface area contributed by atoms with Crippen molar-refractivity contribution in [2.75, 3.05) is 13.1 Å². The van der Waals surface area contributed by atoms with E-state index in [1.165, 1.54) is 12.3 Å². The summed E-state index contributed by atoms with van der Waals surface area (Å²) < 4.78 is 28.7. The van der Waals surface area contributed by atoms with E-state index in [0.717, 1.165) is 6.42 Å². The number of nitrogens with one attached hydrogen (secondary N) is 3. The van der Waals surface area contributed by atoms with Gasteiger partial charge < -0.3 is 20.7 Å². The number of hydrogen-bond acceptors (Lipinski definition) is 6. The van der Waals surface area contributed by atoms with Crippen LogP contribution in [0, 0.1) is 17.2 Å². The quantitative estimate of drug-likeness (QED) is 0.323. The summed E-state index contributed by atoms with van der Waals surface area (Å²) in [5.41, 5.74) is -0.284. The third-order valence-corrected chi connectivity index (χ3v) is 6.48. The predicted molar refractivity (Wildman–Crippen MR) is 119 cm³/mol. The van der Waals surface area contributed by atoms with E-state index in [1.54, 1.807) is 11.8 Å². The van der Waals surface area contributed by atoms with Gasteiger partial charge in [0.15, 0.2) is 17.5 Å². The minimum Gasteiger partial charge on any atom is -0.379 e. The molecule has 172 valence electrons. The lowest BCUT2D eigenvalue weighted by Gasteiger charge is -2.34. The lowest BCUT2D eigenvalue weighted by Crippen LogP contribution is -2.49. The highest BCUT2D eigenvalue weighted by Gasteiger charge is 2.49. The molecule has 0 aromatic heterocycles. The van der Waals surface area contributed by atoms with E-state index < -0.39 is 29.3 Å². The highest BCUT2D eigenvalue weighted by molar-refractivity contribution is 6.38. The van der Waals surface area contributed by atoms with Crippen molar-refractivity contribution in [2.45, 2.75) is 50.5 Å². The molecule has 0 aromatic rings. The molecule has 1 aliphatic heterocycles. The van der Waals surface area contributed by atoms with Crippen LogP contribution in [0.15, 0.2) is 52.6 Å². The van der Waals surface area contributed by atoms with Gasteiger partial charge in [-0.1, -0.05) is 24.3 Å². The number of carbonyl (C=O) groups excluding carboxylic acids is 1. The van der Waals surface area contributed by atoms with Crippen molar-refractivity contribution in [3.63, 3.8) is 0 Å². The summed E-state index contributed by atoms with van der Waals surface area (Å²) in [6, 6.07) is -0.558. The van der Waals surface area contributed by atoms with Crippen LogP contribution in [-0.4, -0.2) is 64.9 Å². The standard InChI is InChI=1S/C23H29F2N5O2/c1-13(11-26)28-19(31)6-8-27-22(32)21-29-23(2)7-4-3-5-18(23)30(21)12-16-15-9-14(15)10-17(24)20(16)25/h3-5,7,10-11,13-15,18-19,26,28,31H,6,8-9,12H2,1-2H3,(H,27,32). The second-order valence-corrected chi connectivity index (χ2v) is 9.02. The summed E-state index contributed by atoms with van der Waals surface area (Å²) in [7, 11) is 0. The summed E-state index contributed by atoms with van der Waals surface area (Å²) in [5, 5.41) is 22.7. The lowest BCUT2D eigenvalue weighted by molar-refractivity contribution is -0.115. The fourth-order valence-corrected chi connectivity index (χ4v) is 4.60. The molecule has 7 nitrogen and oxygen atoms in total. The molecule has 0 saturated heterocycles. The molecule has 1 amide bonds. The first-order valence-electron chi connectivity index (χ1n) is 10.9. The van der Waals surface area contributed by atoms with Crippen molar-refractivity contribution in [3.05, 3.63) is 47.6 Å². The third kappa shape index (κ3) is 4.31. The fourth-order valence-electron chi connectivity index (χ4n) is 4.60. The fraction of sp³-hybridized carbons (Fsp3) is 0.522. The number of nitrogens with zero attached hydrogens (tertiary/aromatic N) is 2. The molecule has 1 heterocycles. The number of fused-ring (bicyclic) bond motifs is 2. The van der Waals surface area contributed by atoms with E-state index in [-0.39, 0.29) is 49.3 Å². The van der Waals surface area contributed by atoms with Crippen LogP contribution < -0.4 is 10.6 Å². The Morgan fingerprint density at radius 3 is 3.00 bits per heavy atom. The van der Waals surface area contributed by atoms with E-state index in [9.17, 15) is 18.7 Å². The first-order valence-corrected chi connectivity index (χ1v) is 10.9. The predicted octanol–water partition coefficient (Wildman–Crippen LogP) is 2.13. The Balaban J connectivity index is 1.48. The molecule has 0 radical (unpaired) electrons. The van der Waals surface area contributed by atoms with E-state index in [2.05, 4.69) is 15.6 Å². The van der Waals surface area contributed by atoms with E-state index in [0.29, 0.717) is 5.57 Å². The second-order valence-electron chi connectivity index (χ2n) is 9.02. The maximum Gasteiger partial charge on any atom is 0.286 e. The van der Waals surface area contributed by atoms with Crippen LogP contribution in [0.4, 0.5) is 8.78 Å². The molecular formula is C23H29F2N5O2. The third-order valence-electron chi connectivity index (χ3n) is 6.48. The number of aliphatic hydroxyl groups is 1. The number of aliphatic imine (C=N–C) groups is 1. The number of rotatable bonds is 9.